The number of rotatable bonds is 7. The zero-order valence-electron chi connectivity index (χ0n) is 11.5. The number of carbonyl (C=O) groups excluding carboxylic acids is 1. The van der Waals surface area contributed by atoms with Crippen molar-refractivity contribution >= 4 is 31.9 Å². The standard InChI is InChI=1S/C13H18BrNO4S/c1-3-19-13(16)8-9-15(2)20(17,18)12-6-4-11(10-14)5-7-12/h4-7H,3,8-10H2,1-2H3. The molecule has 0 aromatic heterocycles. The van der Waals surface area contributed by atoms with Gasteiger partial charge in [0, 0.05) is 18.9 Å². The second-order valence-corrected chi connectivity index (χ2v) is 6.76. The number of halogens is 1. The quantitative estimate of drug-likeness (QED) is 0.549. The van der Waals surface area contributed by atoms with Crippen LogP contribution in [0.25, 0.3) is 0 Å². The number of esters is 1. The van der Waals surface area contributed by atoms with E-state index < -0.39 is 16.0 Å². The van der Waals surface area contributed by atoms with Gasteiger partial charge in [0.25, 0.3) is 0 Å². The highest BCUT2D eigenvalue weighted by Crippen LogP contribution is 2.16. The Morgan fingerprint density at radius 3 is 2.40 bits per heavy atom. The number of ether oxygens (including phenoxy) is 1. The van der Waals surface area contributed by atoms with Crippen molar-refractivity contribution in [2.45, 2.75) is 23.6 Å². The molecule has 0 aliphatic heterocycles. The van der Waals surface area contributed by atoms with E-state index in [1.807, 2.05) is 0 Å². The minimum atomic E-state index is -3.56. The van der Waals surface area contributed by atoms with Crippen molar-refractivity contribution in [2.24, 2.45) is 0 Å². The Hall–Kier alpha value is -0.920. The fourth-order valence-electron chi connectivity index (χ4n) is 1.53. The second kappa shape index (κ2) is 7.75. The van der Waals surface area contributed by atoms with Crippen LogP contribution in [0.2, 0.25) is 0 Å². The molecular formula is C13H18BrNO4S. The van der Waals surface area contributed by atoms with Crippen LogP contribution < -0.4 is 0 Å². The lowest BCUT2D eigenvalue weighted by molar-refractivity contribution is -0.143. The molecule has 0 spiro atoms. The van der Waals surface area contributed by atoms with Gasteiger partial charge < -0.3 is 4.74 Å². The lowest BCUT2D eigenvalue weighted by Gasteiger charge is -2.16. The molecule has 5 nitrogen and oxygen atoms in total. The molecule has 0 heterocycles. The summed E-state index contributed by atoms with van der Waals surface area (Å²) < 4.78 is 30.5. The van der Waals surface area contributed by atoms with Gasteiger partial charge in [-0.1, -0.05) is 28.1 Å². The number of hydrogen-bond acceptors (Lipinski definition) is 4. The monoisotopic (exact) mass is 363 g/mol. The van der Waals surface area contributed by atoms with Crippen molar-refractivity contribution in [1.82, 2.24) is 4.31 Å². The van der Waals surface area contributed by atoms with Crippen molar-refractivity contribution < 1.29 is 17.9 Å². The molecule has 0 saturated carbocycles. The molecule has 0 radical (unpaired) electrons. The molecule has 1 rings (SSSR count). The van der Waals surface area contributed by atoms with Crippen LogP contribution in [-0.2, 0) is 24.9 Å². The summed E-state index contributed by atoms with van der Waals surface area (Å²) in [6.07, 6.45) is 0.0447. The Balaban J connectivity index is 2.73. The third-order valence-corrected chi connectivity index (χ3v) is 5.24. The first kappa shape index (κ1) is 17.1. The summed E-state index contributed by atoms with van der Waals surface area (Å²) in [4.78, 5) is 11.5. The smallest absolute Gasteiger partial charge is 0.307 e. The highest BCUT2D eigenvalue weighted by Gasteiger charge is 2.21. The lowest BCUT2D eigenvalue weighted by Crippen LogP contribution is -2.29. The number of alkyl halides is 1. The predicted octanol–water partition coefficient (Wildman–Crippen LogP) is 2.16. The van der Waals surface area contributed by atoms with Gasteiger partial charge >= 0.3 is 5.97 Å². The van der Waals surface area contributed by atoms with Crippen LogP contribution in [-0.4, -0.2) is 38.9 Å². The fourth-order valence-corrected chi connectivity index (χ4v) is 3.08. The van der Waals surface area contributed by atoms with Gasteiger partial charge in [0.15, 0.2) is 0 Å². The molecule has 0 aliphatic carbocycles. The Labute approximate surface area is 128 Å². The van der Waals surface area contributed by atoms with Crippen LogP contribution >= 0.6 is 15.9 Å². The molecule has 0 bridgehead atoms. The Morgan fingerprint density at radius 1 is 1.30 bits per heavy atom. The van der Waals surface area contributed by atoms with Crippen molar-refractivity contribution in [2.75, 3.05) is 20.2 Å². The van der Waals surface area contributed by atoms with Crippen LogP contribution in [0.5, 0.6) is 0 Å². The molecular weight excluding hydrogens is 346 g/mol. The number of carbonyl (C=O) groups is 1. The summed E-state index contributed by atoms with van der Waals surface area (Å²) in [5, 5.41) is 0.673. The van der Waals surface area contributed by atoms with Gasteiger partial charge in [-0.05, 0) is 24.6 Å². The van der Waals surface area contributed by atoms with E-state index in [0.717, 1.165) is 9.87 Å². The highest BCUT2D eigenvalue weighted by atomic mass is 79.9. The van der Waals surface area contributed by atoms with Gasteiger partial charge in [-0.2, -0.15) is 0 Å². The molecule has 1 aromatic rings. The molecule has 7 heteroatoms. The van der Waals surface area contributed by atoms with Gasteiger partial charge in [0.1, 0.15) is 0 Å². The largest absolute Gasteiger partial charge is 0.466 e. The first-order chi connectivity index (χ1) is 9.41. The summed E-state index contributed by atoms with van der Waals surface area (Å²) in [5.74, 6) is -0.399. The number of benzene rings is 1. The van der Waals surface area contributed by atoms with E-state index in [0.29, 0.717) is 11.9 Å². The third-order valence-electron chi connectivity index (χ3n) is 2.72. The number of hydrogen-bond donors (Lipinski definition) is 0. The van der Waals surface area contributed by atoms with Crippen LogP contribution in [0.3, 0.4) is 0 Å². The zero-order chi connectivity index (χ0) is 15.2. The van der Waals surface area contributed by atoms with E-state index in [1.165, 1.54) is 7.05 Å². The van der Waals surface area contributed by atoms with Crippen LogP contribution in [0.15, 0.2) is 29.2 Å². The summed E-state index contributed by atoms with van der Waals surface area (Å²) in [7, 11) is -2.11. The van der Waals surface area contributed by atoms with Gasteiger partial charge in [0.2, 0.25) is 10.0 Å². The average Bonchev–Trinajstić information content (AvgIpc) is 2.45. The van der Waals surface area contributed by atoms with E-state index in [-0.39, 0.29) is 17.9 Å². The number of nitrogens with zero attached hydrogens (tertiary/aromatic N) is 1. The maximum Gasteiger partial charge on any atom is 0.307 e. The summed E-state index contributed by atoms with van der Waals surface area (Å²) in [6, 6.07) is 6.63. The second-order valence-electron chi connectivity index (χ2n) is 4.16. The zero-order valence-corrected chi connectivity index (χ0v) is 13.9. The molecule has 0 amide bonds. The van der Waals surface area contributed by atoms with Gasteiger partial charge in [0.05, 0.1) is 17.9 Å². The summed E-state index contributed by atoms with van der Waals surface area (Å²) in [6.45, 7) is 2.11. The Bertz CT molecular complexity index is 542. The third kappa shape index (κ3) is 4.57. The van der Waals surface area contributed by atoms with Crippen molar-refractivity contribution in [1.29, 1.82) is 0 Å². The molecule has 1 aromatic carbocycles. The first-order valence-corrected chi connectivity index (χ1v) is 8.74. The average molecular weight is 364 g/mol. The normalized spacial score (nSPS) is 11.6. The van der Waals surface area contributed by atoms with Crippen molar-refractivity contribution in [3.8, 4) is 0 Å². The summed E-state index contributed by atoms with van der Waals surface area (Å²) >= 11 is 3.31. The summed E-state index contributed by atoms with van der Waals surface area (Å²) in [5.41, 5.74) is 0.998. The first-order valence-electron chi connectivity index (χ1n) is 6.18. The highest BCUT2D eigenvalue weighted by molar-refractivity contribution is 9.08. The minimum absolute atomic E-state index is 0.0447. The van der Waals surface area contributed by atoms with Crippen molar-refractivity contribution in [3.63, 3.8) is 0 Å². The Kier molecular flexibility index (Phi) is 6.64. The molecule has 0 N–H and O–H groups in total. The van der Waals surface area contributed by atoms with E-state index in [9.17, 15) is 13.2 Å². The Morgan fingerprint density at radius 2 is 1.90 bits per heavy atom. The minimum Gasteiger partial charge on any atom is -0.466 e. The van der Waals surface area contributed by atoms with Gasteiger partial charge in [-0.25, -0.2) is 12.7 Å². The molecule has 112 valence electrons. The van der Waals surface area contributed by atoms with E-state index in [1.54, 1.807) is 31.2 Å². The fraction of sp³-hybridized carbons (Fsp3) is 0.462. The van der Waals surface area contributed by atoms with Gasteiger partial charge in [-0.15, -0.1) is 0 Å². The molecule has 0 fully saturated rings. The predicted molar refractivity (Wildman–Crippen MR) is 80.1 cm³/mol. The van der Waals surface area contributed by atoms with E-state index >= 15 is 0 Å². The van der Waals surface area contributed by atoms with Crippen LogP contribution in [0.1, 0.15) is 18.9 Å². The molecule has 0 atom stereocenters. The number of sulfonamides is 1. The molecule has 20 heavy (non-hydrogen) atoms. The van der Waals surface area contributed by atoms with Crippen LogP contribution in [0, 0.1) is 0 Å². The van der Waals surface area contributed by atoms with E-state index in [4.69, 9.17) is 4.74 Å². The van der Waals surface area contributed by atoms with Crippen molar-refractivity contribution in [3.05, 3.63) is 29.8 Å². The molecule has 0 aliphatic rings. The molecule has 0 saturated heterocycles. The topological polar surface area (TPSA) is 63.7 Å². The van der Waals surface area contributed by atoms with Crippen LogP contribution in [0.4, 0.5) is 0 Å². The van der Waals surface area contributed by atoms with Gasteiger partial charge in [-0.3, -0.25) is 4.79 Å². The lowest BCUT2D eigenvalue weighted by atomic mass is 10.2. The SMILES string of the molecule is CCOC(=O)CCN(C)S(=O)(=O)c1ccc(CBr)cc1. The maximum atomic E-state index is 12.3. The molecule has 0 unspecified atom stereocenters. The van der Waals surface area contributed by atoms with E-state index in [2.05, 4.69) is 15.9 Å². The maximum absolute atomic E-state index is 12.3.